The molecule has 5 heteroatoms. The molecular weight excluding hydrogens is 330 g/mol. The third-order valence-corrected chi connectivity index (χ3v) is 3.26. The van der Waals surface area contributed by atoms with Crippen molar-refractivity contribution < 1.29 is 18.3 Å². The summed E-state index contributed by atoms with van der Waals surface area (Å²) in [6.07, 6.45) is -0.154. The molecule has 0 aliphatic carbocycles. The van der Waals surface area contributed by atoms with Gasteiger partial charge in [-0.3, -0.25) is 4.79 Å². The van der Waals surface area contributed by atoms with Crippen LogP contribution in [0.5, 0.6) is 5.75 Å². The smallest absolute Gasteiger partial charge is 0.168 e. The van der Waals surface area contributed by atoms with Crippen molar-refractivity contribution in [1.82, 2.24) is 0 Å². The lowest BCUT2D eigenvalue weighted by molar-refractivity contribution is 0.0991. The number of Topliss-reactive ketones (excluding diaryl/α,β-unsaturated/α-hetero) is 1. The summed E-state index contributed by atoms with van der Waals surface area (Å²) in [4.78, 5) is 12.1. The van der Waals surface area contributed by atoms with Crippen LogP contribution in [0.15, 0.2) is 40.9 Å². The lowest BCUT2D eigenvalue weighted by Crippen LogP contribution is -2.06. The molecule has 2 aromatic carbocycles. The molecule has 2 aromatic rings. The molecule has 0 saturated heterocycles. The SMILES string of the molecule is COc1cccc(CC(=O)c2cc(F)cc(Br)c2)c1F. The average Bonchev–Trinajstić information content (AvgIpc) is 2.40. The van der Waals surface area contributed by atoms with Crippen molar-refractivity contribution >= 4 is 21.7 Å². The van der Waals surface area contributed by atoms with Gasteiger partial charge in [0.25, 0.3) is 0 Å². The number of hydrogen-bond donors (Lipinski definition) is 0. The number of methoxy groups -OCH3 is 1. The van der Waals surface area contributed by atoms with E-state index < -0.39 is 11.6 Å². The van der Waals surface area contributed by atoms with Crippen molar-refractivity contribution in [3.8, 4) is 5.75 Å². The van der Waals surface area contributed by atoms with Gasteiger partial charge < -0.3 is 4.74 Å². The van der Waals surface area contributed by atoms with Crippen molar-refractivity contribution in [2.45, 2.75) is 6.42 Å². The van der Waals surface area contributed by atoms with E-state index in [1.807, 2.05) is 0 Å². The summed E-state index contributed by atoms with van der Waals surface area (Å²) < 4.78 is 32.5. The molecule has 0 unspecified atom stereocenters. The number of ketones is 1. The number of carbonyl (C=O) groups is 1. The molecule has 20 heavy (non-hydrogen) atoms. The quantitative estimate of drug-likeness (QED) is 0.781. The van der Waals surface area contributed by atoms with Crippen LogP contribution in [0.25, 0.3) is 0 Å². The molecule has 0 spiro atoms. The Balaban J connectivity index is 2.28. The molecule has 0 heterocycles. The number of rotatable bonds is 4. The zero-order valence-electron chi connectivity index (χ0n) is 10.6. The molecule has 0 aromatic heterocycles. The Kier molecular flexibility index (Phi) is 4.49. The van der Waals surface area contributed by atoms with Gasteiger partial charge >= 0.3 is 0 Å². The Labute approximate surface area is 123 Å². The second-order valence-corrected chi connectivity index (χ2v) is 5.11. The molecule has 0 aliphatic rings. The van der Waals surface area contributed by atoms with E-state index in [2.05, 4.69) is 15.9 Å². The van der Waals surface area contributed by atoms with E-state index in [0.717, 1.165) is 6.07 Å². The Morgan fingerprint density at radius 2 is 2.00 bits per heavy atom. The van der Waals surface area contributed by atoms with E-state index in [4.69, 9.17) is 4.74 Å². The molecule has 0 bridgehead atoms. The van der Waals surface area contributed by atoms with Crippen LogP contribution < -0.4 is 4.74 Å². The number of halogens is 3. The molecular formula is C15H11BrF2O2. The Morgan fingerprint density at radius 3 is 2.65 bits per heavy atom. The lowest BCUT2D eigenvalue weighted by atomic mass is 10.0. The number of carbonyl (C=O) groups excluding carboxylic acids is 1. The first-order valence-corrected chi connectivity index (χ1v) is 6.61. The Morgan fingerprint density at radius 1 is 1.25 bits per heavy atom. The van der Waals surface area contributed by atoms with Crippen LogP contribution in [0.4, 0.5) is 8.78 Å². The zero-order chi connectivity index (χ0) is 14.7. The number of benzene rings is 2. The first-order chi connectivity index (χ1) is 9.51. The lowest BCUT2D eigenvalue weighted by Gasteiger charge is -2.07. The van der Waals surface area contributed by atoms with Crippen LogP contribution in [-0.4, -0.2) is 12.9 Å². The molecule has 0 radical (unpaired) electrons. The standard InChI is InChI=1S/C15H11BrF2O2/c1-20-14-4-2-3-9(15(14)18)7-13(19)10-5-11(16)8-12(17)6-10/h2-6,8H,7H2,1H3. The Bertz CT molecular complexity index is 636. The highest BCUT2D eigenvalue weighted by atomic mass is 79.9. The summed E-state index contributed by atoms with van der Waals surface area (Å²) in [5.41, 5.74) is 0.411. The highest BCUT2D eigenvalue weighted by Gasteiger charge is 2.14. The summed E-state index contributed by atoms with van der Waals surface area (Å²) >= 11 is 3.12. The van der Waals surface area contributed by atoms with Gasteiger partial charge in [-0.05, 0) is 29.8 Å². The van der Waals surface area contributed by atoms with Crippen molar-refractivity contribution in [3.63, 3.8) is 0 Å². The maximum absolute atomic E-state index is 13.9. The van der Waals surface area contributed by atoms with Crippen molar-refractivity contribution in [1.29, 1.82) is 0 Å². The maximum atomic E-state index is 13.9. The van der Waals surface area contributed by atoms with Crippen molar-refractivity contribution in [2.24, 2.45) is 0 Å². The predicted octanol–water partition coefficient (Wildman–Crippen LogP) is 4.16. The fraction of sp³-hybridized carbons (Fsp3) is 0.133. The van der Waals surface area contributed by atoms with Gasteiger partial charge in [0.15, 0.2) is 17.3 Å². The minimum Gasteiger partial charge on any atom is -0.494 e. The van der Waals surface area contributed by atoms with Crippen molar-refractivity contribution in [2.75, 3.05) is 7.11 Å². The summed E-state index contributed by atoms with van der Waals surface area (Å²) in [5.74, 6) is -1.37. The van der Waals surface area contributed by atoms with E-state index in [9.17, 15) is 13.6 Å². The van der Waals surface area contributed by atoms with E-state index in [1.165, 1.54) is 31.4 Å². The zero-order valence-corrected chi connectivity index (χ0v) is 12.2. The third-order valence-electron chi connectivity index (χ3n) is 2.80. The van der Waals surface area contributed by atoms with E-state index >= 15 is 0 Å². The van der Waals surface area contributed by atoms with Gasteiger partial charge in [0.1, 0.15) is 5.82 Å². The van der Waals surface area contributed by atoms with Gasteiger partial charge in [0, 0.05) is 16.5 Å². The van der Waals surface area contributed by atoms with E-state index in [1.54, 1.807) is 6.07 Å². The van der Waals surface area contributed by atoms with E-state index in [0.29, 0.717) is 4.47 Å². The van der Waals surface area contributed by atoms with Crippen LogP contribution in [0, 0.1) is 11.6 Å². The largest absolute Gasteiger partial charge is 0.494 e. The fourth-order valence-electron chi connectivity index (χ4n) is 1.84. The first kappa shape index (κ1) is 14.7. The minimum atomic E-state index is -0.571. The summed E-state index contributed by atoms with van der Waals surface area (Å²) in [6.45, 7) is 0. The Hall–Kier alpha value is -1.75. The highest BCUT2D eigenvalue weighted by Crippen LogP contribution is 2.22. The highest BCUT2D eigenvalue weighted by molar-refractivity contribution is 9.10. The van der Waals surface area contributed by atoms with Crippen LogP contribution in [0.3, 0.4) is 0 Å². The van der Waals surface area contributed by atoms with Crippen LogP contribution in [-0.2, 0) is 6.42 Å². The molecule has 104 valence electrons. The number of ether oxygens (including phenoxy) is 1. The average molecular weight is 341 g/mol. The minimum absolute atomic E-state index is 0.0794. The molecule has 0 amide bonds. The topological polar surface area (TPSA) is 26.3 Å². The van der Waals surface area contributed by atoms with Crippen LogP contribution in [0.2, 0.25) is 0 Å². The van der Waals surface area contributed by atoms with Crippen molar-refractivity contribution in [3.05, 3.63) is 63.6 Å². The summed E-state index contributed by atoms with van der Waals surface area (Å²) in [6, 6.07) is 8.47. The summed E-state index contributed by atoms with van der Waals surface area (Å²) in [7, 11) is 1.35. The van der Waals surface area contributed by atoms with Gasteiger partial charge in [0.2, 0.25) is 0 Å². The normalized spacial score (nSPS) is 10.4. The van der Waals surface area contributed by atoms with Gasteiger partial charge in [0.05, 0.1) is 7.11 Å². The van der Waals surface area contributed by atoms with Gasteiger partial charge in [-0.2, -0.15) is 0 Å². The maximum Gasteiger partial charge on any atom is 0.168 e. The van der Waals surface area contributed by atoms with E-state index in [-0.39, 0.29) is 29.1 Å². The second kappa shape index (κ2) is 6.13. The molecule has 0 fully saturated rings. The predicted molar refractivity (Wildman–Crippen MR) is 75.1 cm³/mol. The fourth-order valence-corrected chi connectivity index (χ4v) is 2.31. The van der Waals surface area contributed by atoms with Gasteiger partial charge in [-0.1, -0.05) is 28.1 Å². The van der Waals surface area contributed by atoms with Gasteiger partial charge in [-0.15, -0.1) is 0 Å². The van der Waals surface area contributed by atoms with Crippen LogP contribution >= 0.6 is 15.9 Å². The summed E-state index contributed by atoms with van der Waals surface area (Å²) in [5, 5.41) is 0. The molecule has 0 aliphatic heterocycles. The molecule has 0 N–H and O–H groups in total. The number of hydrogen-bond acceptors (Lipinski definition) is 2. The van der Waals surface area contributed by atoms with Crippen LogP contribution in [0.1, 0.15) is 15.9 Å². The third kappa shape index (κ3) is 3.22. The second-order valence-electron chi connectivity index (χ2n) is 4.19. The molecule has 0 saturated carbocycles. The molecule has 0 atom stereocenters. The molecule has 2 rings (SSSR count). The van der Waals surface area contributed by atoms with Gasteiger partial charge in [-0.25, -0.2) is 8.78 Å². The molecule has 2 nitrogen and oxygen atoms in total. The monoisotopic (exact) mass is 340 g/mol. The first-order valence-electron chi connectivity index (χ1n) is 5.82.